The molecule has 1 saturated heterocycles. The van der Waals surface area contributed by atoms with Crippen molar-refractivity contribution >= 4 is 5.97 Å². The van der Waals surface area contributed by atoms with Gasteiger partial charge in [-0.2, -0.15) is 0 Å². The van der Waals surface area contributed by atoms with E-state index in [1.165, 1.54) is 12.8 Å². The summed E-state index contributed by atoms with van der Waals surface area (Å²) >= 11 is 0. The average molecular weight is 294 g/mol. The largest absolute Gasteiger partial charge is 0.481 e. The van der Waals surface area contributed by atoms with Crippen molar-refractivity contribution in [2.75, 3.05) is 0 Å². The van der Waals surface area contributed by atoms with Crippen molar-refractivity contribution in [3.05, 3.63) is 24.3 Å². The molecule has 1 rings (SSSR count). The van der Waals surface area contributed by atoms with Gasteiger partial charge in [-0.25, -0.2) is 0 Å². The van der Waals surface area contributed by atoms with E-state index in [9.17, 15) is 4.79 Å². The molecule has 0 unspecified atom stereocenters. The van der Waals surface area contributed by atoms with Gasteiger partial charge in [0.05, 0.1) is 12.2 Å². The molecule has 0 radical (unpaired) electrons. The maximum atomic E-state index is 10.4. The summed E-state index contributed by atoms with van der Waals surface area (Å²) in [7, 11) is 0. The number of hydrogen-bond acceptors (Lipinski definition) is 2. The Labute approximate surface area is 129 Å². The molecule has 1 heterocycles. The first kappa shape index (κ1) is 18.0. The van der Waals surface area contributed by atoms with E-state index < -0.39 is 5.97 Å². The van der Waals surface area contributed by atoms with Crippen molar-refractivity contribution in [2.45, 2.75) is 83.3 Å². The van der Waals surface area contributed by atoms with Crippen LogP contribution < -0.4 is 0 Å². The van der Waals surface area contributed by atoms with Crippen LogP contribution in [0.15, 0.2) is 24.3 Å². The Morgan fingerprint density at radius 2 is 1.71 bits per heavy atom. The molecule has 0 amide bonds. The molecule has 0 saturated carbocycles. The summed E-state index contributed by atoms with van der Waals surface area (Å²) in [5.41, 5.74) is 0. The molecule has 21 heavy (non-hydrogen) atoms. The zero-order valence-electron chi connectivity index (χ0n) is 13.3. The van der Waals surface area contributed by atoms with E-state index >= 15 is 0 Å². The Morgan fingerprint density at radius 3 is 2.48 bits per heavy atom. The van der Waals surface area contributed by atoms with Crippen molar-refractivity contribution < 1.29 is 14.6 Å². The van der Waals surface area contributed by atoms with Gasteiger partial charge in [0, 0.05) is 6.42 Å². The summed E-state index contributed by atoms with van der Waals surface area (Å²) in [5, 5.41) is 8.53. The van der Waals surface area contributed by atoms with E-state index in [1.807, 2.05) is 0 Å². The lowest BCUT2D eigenvalue weighted by molar-refractivity contribution is -0.137. The van der Waals surface area contributed by atoms with E-state index in [0.717, 1.165) is 44.9 Å². The van der Waals surface area contributed by atoms with Gasteiger partial charge in [0.15, 0.2) is 0 Å². The SMILES string of the molecule is CC/C=C\C/C=C\C[C@H]1O[C@H]1CCCCCCCC(=O)O. The highest BCUT2D eigenvalue weighted by Crippen LogP contribution is 2.30. The maximum Gasteiger partial charge on any atom is 0.303 e. The highest BCUT2D eigenvalue weighted by molar-refractivity contribution is 5.66. The predicted octanol–water partition coefficient (Wildman–Crippen LogP) is 4.87. The fourth-order valence-corrected chi connectivity index (χ4v) is 2.46. The maximum absolute atomic E-state index is 10.4. The van der Waals surface area contributed by atoms with Crippen molar-refractivity contribution in [1.29, 1.82) is 0 Å². The van der Waals surface area contributed by atoms with Gasteiger partial charge in [-0.1, -0.05) is 56.9 Å². The normalized spacial score (nSPS) is 21.4. The van der Waals surface area contributed by atoms with Crippen LogP contribution in [0, 0.1) is 0 Å². The standard InChI is InChI=1S/C18H30O3/c1-2-3-4-5-7-10-13-16-17(21-16)14-11-8-6-9-12-15-18(19)20/h3-4,7,10,16-17H,2,5-6,8-9,11-15H2,1H3,(H,19,20)/b4-3-,10-7-/t16-,17+/m1/s1. The number of rotatable bonds is 13. The molecule has 0 aliphatic carbocycles. The number of carbonyl (C=O) groups is 1. The van der Waals surface area contributed by atoms with Crippen LogP contribution in [0.4, 0.5) is 0 Å². The van der Waals surface area contributed by atoms with E-state index in [4.69, 9.17) is 9.84 Å². The summed E-state index contributed by atoms with van der Waals surface area (Å²) in [6.45, 7) is 2.15. The molecule has 3 heteroatoms. The van der Waals surface area contributed by atoms with Gasteiger partial charge >= 0.3 is 5.97 Å². The third-order valence-corrected chi connectivity index (χ3v) is 3.78. The minimum atomic E-state index is -0.678. The fraction of sp³-hybridized carbons (Fsp3) is 0.722. The molecule has 1 aliphatic heterocycles. The topological polar surface area (TPSA) is 49.8 Å². The number of carboxylic acid groups (broad SMARTS) is 1. The smallest absolute Gasteiger partial charge is 0.303 e. The van der Waals surface area contributed by atoms with E-state index in [0.29, 0.717) is 18.6 Å². The third-order valence-electron chi connectivity index (χ3n) is 3.78. The fourth-order valence-electron chi connectivity index (χ4n) is 2.46. The van der Waals surface area contributed by atoms with Gasteiger partial charge in [0.2, 0.25) is 0 Å². The Morgan fingerprint density at radius 1 is 1.00 bits per heavy atom. The van der Waals surface area contributed by atoms with Gasteiger partial charge in [0.25, 0.3) is 0 Å². The van der Waals surface area contributed by atoms with Gasteiger partial charge in [-0.15, -0.1) is 0 Å². The first-order valence-corrected chi connectivity index (χ1v) is 8.41. The van der Waals surface area contributed by atoms with Crippen molar-refractivity contribution in [2.24, 2.45) is 0 Å². The van der Waals surface area contributed by atoms with Crippen LogP contribution in [0.3, 0.4) is 0 Å². The van der Waals surface area contributed by atoms with Crippen LogP contribution in [0.5, 0.6) is 0 Å². The number of aliphatic carboxylic acids is 1. The van der Waals surface area contributed by atoms with Crippen LogP contribution >= 0.6 is 0 Å². The quantitative estimate of drug-likeness (QED) is 0.299. The van der Waals surface area contributed by atoms with Crippen LogP contribution in [0.2, 0.25) is 0 Å². The highest BCUT2D eigenvalue weighted by atomic mass is 16.6. The summed E-state index contributed by atoms with van der Waals surface area (Å²) in [6, 6.07) is 0. The Kier molecular flexibility index (Phi) is 9.88. The Hall–Kier alpha value is -1.09. The molecule has 0 aromatic heterocycles. The average Bonchev–Trinajstić information content (AvgIpc) is 3.20. The van der Waals surface area contributed by atoms with Gasteiger partial charge in [-0.05, 0) is 32.1 Å². The monoisotopic (exact) mass is 294 g/mol. The second kappa shape index (κ2) is 11.6. The molecule has 1 aliphatic rings. The van der Waals surface area contributed by atoms with Gasteiger partial charge in [-0.3, -0.25) is 4.79 Å². The molecule has 3 nitrogen and oxygen atoms in total. The van der Waals surface area contributed by atoms with Crippen molar-refractivity contribution in [1.82, 2.24) is 0 Å². The first-order chi connectivity index (χ1) is 10.2. The van der Waals surface area contributed by atoms with Crippen LogP contribution in [0.25, 0.3) is 0 Å². The molecule has 1 N–H and O–H groups in total. The molecular weight excluding hydrogens is 264 g/mol. The second-order valence-corrected chi connectivity index (χ2v) is 5.74. The lowest BCUT2D eigenvalue weighted by Gasteiger charge is -1.99. The minimum absolute atomic E-state index is 0.313. The number of carboxylic acids is 1. The third kappa shape index (κ3) is 10.3. The van der Waals surface area contributed by atoms with E-state index in [2.05, 4.69) is 31.2 Å². The van der Waals surface area contributed by atoms with Crippen LogP contribution in [-0.4, -0.2) is 23.3 Å². The summed E-state index contributed by atoms with van der Waals surface area (Å²) < 4.78 is 5.66. The Balaban J connectivity index is 1.86. The minimum Gasteiger partial charge on any atom is -0.481 e. The molecule has 120 valence electrons. The van der Waals surface area contributed by atoms with Gasteiger partial charge in [0.1, 0.15) is 0 Å². The summed E-state index contributed by atoms with van der Waals surface area (Å²) in [4.78, 5) is 10.4. The molecule has 0 bridgehead atoms. The van der Waals surface area contributed by atoms with Crippen LogP contribution in [-0.2, 0) is 9.53 Å². The molecule has 0 aromatic rings. The molecule has 0 spiro atoms. The molecule has 0 aromatic carbocycles. The van der Waals surface area contributed by atoms with Crippen molar-refractivity contribution in [3.8, 4) is 0 Å². The van der Waals surface area contributed by atoms with Gasteiger partial charge < -0.3 is 9.84 Å². The number of allylic oxidation sites excluding steroid dienone is 3. The predicted molar refractivity (Wildman–Crippen MR) is 86.4 cm³/mol. The summed E-state index contributed by atoms with van der Waals surface area (Å²) in [6.07, 6.45) is 19.8. The molecular formula is C18H30O3. The number of ether oxygens (including phenoxy) is 1. The number of unbranched alkanes of at least 4 members (excludes halogenated alkanes) is 4. The highest BCUT2D eigenvalue weighted by Gasteiger charge is 2.36. The van der Waals surface area contributed by atoms with Crippen LogP contribution in [0.1, 0.15) is 71.1 Å². The zero-order valence-corrected chi connectivity index (χ0v) is 13.3. The van der Waals surface area contributed by atoms with Crippen molar-refractivity contribution in [3.63, 3.8) is 0 Å². The van der Waals surface area contributed by atoms with E-state index in [1.54, 1.807) is 0 Å². The Bertz CT molecular complexity index is 333. The number of epoxide rings is 1. The number of hydrogen-bond donors (Lipinski definition) is 1. The first-order valence-electron chi connectivity index (χ1n) is 8.41. The lowest BCUT2D eigenvalue weighted by atomic mass is 10.1. The second-order valence-electron chi connectivity index (χ2n) is 5.74. The van der Waals surface area contributed by atoms with E-state index in [-0.39, 0.29) is 0 Å². The lowest BCUT2D eigenvalue weighted by Crippen LogP contribution is -1.94. The zero-order chi connectivity index (χ0) is 15.3. The summed E-state index contributed by atoms with van der Waals surface area (Å²) in [5.74, 6) is -0.678. The molecule has 1 fully saturated rings. The molecule has 2 atom stereocenters.